The quantitative estimate of drug-likeness (QED) is 0.667. The van der Waals surface area contributed by atoms with E-state index in [1.807, 2.05) is 0 Å². The number of hydrogen-bond donors (Lipinski definition) is 2. The molecule has 0 bridgehead atoms. The van der Waals surface area contributed by atoms with Gasteiger partial charge in [0.2, 0.25) is 0 Å². The molecule has 4 heteroatoms. The van der Waals surface area contributed by atoms with Gasteiger partial charge in [-0.3, -0.25) is 0 Å². The molecule has 1 saturated carbocycles. The summed E-state index contributed by atoms with van der Waals surface area (Å²) >= 11 is 5.14. The third-order valence-corrected chi connectivity index (χ3v) is 2.47. The van der Waals surface area contributed by atoms with Crippen LogP contribution in [0.15, 0.2) is 0 Å². The average Bonchev–Trinajstić information content (AvgIpc) is 1.97. The highest BCUT2D eigenvalue weighted by molar-refractivity contribution is 7.80. The fourth-order valence-corrected chi connectivity index (χ4v) is 1.66. The molecule has 1 atom stereocenters. The molecule has 0 radical (unpaired) electrons. The van der Waals surface area contributed by atoms with Crippen molar-refractivity contribution in [1.82, 2.24) is 10.6 Å². The summed E-state index contributed by atoms with van der Waals surface area (Å²) in [5, 5.41) is 7.20. The Morgan fingerprint density at radius 2 is 2.31 bits per heavy atom. The van der Waals surface area contributed by atoms with Crippen LogP contribution >= 0.6 is 12.2 Å². The van der Waals surface area contributed by atoms with Gasteiger partial charge in [-0.25, -0.2) is 0 Å². The van der Waals surface area contributed by atoms with E-state index in [2.05, 4.69) is 17.6 Å². The first kappa shape index (κ1) is 10.7. The van der Waals surface area contributed by atoms with Gasteiger partial charge in [-0.05, 0) is 38.4 Å². The van der Waals surface area contributed by atoms with Crippen molar-refractivity contribution in [3.63, 3.8) is 0 Å². The standard InChI is InChI=1S/C9H18N2OS/c1-7(6-12-2)10-9(13)11-8-4-3-5-8/h7-8H,3-6H2,1-2H3,(H2,10,11,13). The van der Waals surface area contributed by atoms with E-state index < -0.39 is 0 Å². The molecule has 0 saturated heterocycles. The fourth-order valence-electron chi connectivity index (χ4n) is 1.30. The third-order valence-electron chi connectivity index (χ3n) is 2.23. The molecule has 1 fully saturated rings. The molecular formula is C9H18N2OS. The fraction of sp³-hybridized carbons (Fsp3) is 0.889. The molecule has 1 rings (SSSR count). The van der Waals surface area contributed by atoms with Crippen LogP contribution in [-0.2, 0) is 4.74 Å². The normalized spacial score (nSPS) is 18.9. The number of rotatable bonds is 4. The average molecular weight is 202 g/mol. The van der Waals surface area contributed by atoms with Gasteiger partial charge in [0, 0.05) is 19.2 Å². The van der Waals surface area contributed by atoms with E-state index >= 15 is 0 Å². The Morgan fingerprint density at radius 1 is 1.62 bits per heavy atom. The molecule has 1 aliphatic rings. The number of thiocarbonyl (C=S) groups is 1. The second-order valence-electron chi connectivity index (χ2n) is 3.60. The van der Waals surface area contributed by atoms with Gasteiger partial charge in [-0.2, -0.15) is 0 Å². The monoisotopic (exact) mass is 202 g/mol. The maximum Gasteiger partial charge on any atom is 0.166 e. The molecule has 0 heterocycles. The summed E-state index contributed by atoms with van der Waals surface area (Å²) in [6, 6.07) is 0.889. The van der Waals surface area contributed by atoms with Crippen molar-refractivity contribution in [2.24, 2.45) is 0 Å². The molecule has 0 amide bonds. The maximum absolute atomic E-state index is 5.14. The van der Waals surface area contributed by atoms with Crippen molar-refractivity contribution in [1.29, 1.82) is 0 Å². The first-order chi connectivity index (χ1) is 6.22. The SMILES string of the molecule is COCC(C)NC(=S)NC1CCC1. The van der Waals surface area contributed by atoms with Crippen LogP contribution in [0, 0.1) is 0 Å². The topological polar surface area (TPSA) is 33.3 Å². The lowest BCUT2D eigenvalue weighted by Gasteiger charge is -2.28. The van der Waals surface area contributed by atoms with Crippen LogP contribution < -0.4 is 10.6 Å². The van der Waals surface area contributed by atoms with Crippen molar-refractivity contribution < 1.29 is 4.74 Å². The zero-order valence-corrected chi connectivity index (χ0v) is 9.12. The van der Waals surface area contributed by atoms with E-state index in [1.54, 1.807) is 7.11 Å². The Bertz CT molecular complexity index is 171. The smallest absolute Gasteiger partial charge is 0.166 e. The van der Waals surface area contributed by atoms with Gasteiger partial charge in [0.25, 0.3) is 0 Å². The zero-order valence-electron chi connectivity index (χ0n) is 8.30. The number of nitrogens with one attached hydrogen (secondary N) is 2. The van der Waals surface area contributed by atoms with Crippen LogP contribution in [-0.4, -0.2) is 30.9 Å². The van der Waals surface area contributed by atoms with Crippen molar-refractivity contribution in [2.75, 3.05) is 13.7 Å². The van der Waals surface area contributed by atoms with Crippen LogP contribution in [0.25, 0.3) is 0 Å². The number of methoxy groups -OCH3 is 1. The predicted molar refractivity (Wildman–Crippen MR) is 57.8 cm³/mol. The van der Waals surface area contributed by atoms with Crippen LogP contribution in [0.3, 0.4) is 0 Å². The Labute approximate surface area is 85.2 Å². The van der Waals surface area contributed by atoms with Gasteiger partial charge in [0.15, 0.2) is 5.11 Å². The lowest BCUT2D eigenvalue weighted by atomic mass is 9.93. The molecule has 2 N–H and O–H groups in total. The lowest BCUT2D eigenvalue weighted by Crippen LogP contribution is -2.48. The van der Waals surface area contributed by atoms with Crippen molar-refractivity contribution in [2.45, 2.75) is 38.3 Å². The van der Waals surface area contributed by atoms with Gasteiger partial charge >= 0.3 is 0 Å². The highest BCUT2D eigenvalue weighted by Gasteiger charge is 2.18. The van der Waals surface area contributed by atoms with E-state index in [4.69, 9.17) is 17.0 Å². The summed E-state index contributed by atoms with van der Waals surface area (Å²) in [5.41, 5.74) is 0. The van der Waals surface area contributed by atoms with Gasteiger partial charge in [-0.1, -0.05) is 0 Å². The summed E-state index contributed by atoms with van der Waals surface area (Å²) in [5.74, 6) is 0. The summed E-state index contributed by atoms with van der Waals surface area (Å²) < 4.78 is 5.00. The molecule has 3 nitrogen and oxygen atoms in total. The highest BCUT2D eigenvalue weighted by Crippen LogP contribution is 2.17. The highest BCUT2D eigenvalue weighted by atomic mass is 32.1. The Hall–Kier alpha value is -0.350. The van der Waals surface area contributed by atoms with E-state index in [0.717, 1.165) is 5.11 Å². The molecule has 0 spiro atoms. The van der Waals surface area contributed by atoms with Gasteiger partial charge < -0.3 is 15.4 Å². The van der Waals surface area contributed by atoms with E-state index in [1.165, 1.54) is 19.3 Å². The molecule has 76 valence electrons. The molecular weight excluding hydrogens is 184 g/mol. The zero-order chi connectivity index (χ0) is 9.68. The van der Waals surface area contributed by atoms with Crippen molar-refractivity contribution in [3.8, 4) is 0 Å². The molecule has 0 aromatic carbocycles. The van der Waals surface area contributed by atoms with Crippen LogP contribution in [0.1, 0.15) is 26.2 Å². The van der Waals surface area contributed by atoms with Crippen LogP contribution in [0.5, 0.6) is 0 Å². The van der Waals surface area contributed by atoms with E-state index in [-0.39, 0.29) is 6.04 Å². The molecule has 0 aromatic heterocycles. The molecule has 13 heavy (non-hydrogen) atoms. The Balaban J connectivity index is 2.08. The number of hydrogen-bond acceptors (Lipinski definition) is 2. The molecule has 0 aliphatic heterocycles. The van der Waals surface area contributed by atoms with E-state index in [9.17, 15) is 0 Å². The third kappa shape index (κ3) is 3.91. The maximum atomic E-state index is 5.14. The Morgan fingerprint density at radius 3 is 2.77 bits per heavy atom. The van der Waals surface area contributed by atoms with Gasteiger partial charge in [0.1, 0.15) is 0 Å². The first-order valence-corrected chi connectivity index (χ1v) is 5.19. The van der Waals surface area contributed by atoms with Crippen LogP contribution in [0.2, 0.25) is 0 Å². The van der Waals surface area contributed by atoms with Crippen molar-refractivity contribution >= 4 is 17.3 Å². The van der Waals surface area contributed by atoms with E-state index in [0.29, 0.717) is 12.6 Å². The minimum atomic E-state index is 0.282. The summed E-state index contributed by atoms with van der Waals surface area (Å²) in [4.78, 5) is 0. The minimum absolute atomic E-state index is 0.282. The van der Waals surface area contributed by atoms with Crippen molar-refractivity contribution in [3.05, 3.63) is 0 Å². The summed E-state index contributed by atoms with van der Waals surface area (Å²) in [6.45, 7) is 2.74. The second kappa shape index (κ2) is 5.40. The predicted octanol–water partition coefficient (Wildman–Crippen LogP) is 1.04. The molecule has 1 aliphatic carbocycles. The largest absolute Gasteiger partial charge is 0.383 e. The first-order valence-electron chi connectivity index (χ1n) is 4.78. The Kier molecular flexibility index (Phi) is 4.45. The lowest BCUT2D eigenvalue weighted by molar-refractivity contribution is 0.179. The van der Waals surface area contributed by atoms with Gasteiger partial charge in [-0.15, -0.1) is 0 Å². The second-order valence-corrected chi connectivity index (χ2v) is 4.01. The number of ether oxygens (including phenoxy) is 1. The van der Waals surface area contributed by atoms with Gasteiger partial charge in [0.05, 0.1) is 6.61 Å². The molecule has 1 unspecified atom stereocenters. The minimum Gasteiger partial charge on any atom is -0.383 e. The summed E-state index contributed by atoms with van der Waals surface area (Å²) in [7, 11) is 1.70. The summed E-state index contributed by atoms with van der Waals surface area (Å²) in [6.07, 6.45) is 3.83. The van der Waals surface area contributed by atoms with Crippen LogP contribution in [0.4, 0.5) is 0 Å². The molecule has 0 aromatic rings.